The standard InChI is InChI=1S/C25H21N5OS/c1-29-22-10-6-7-11-23(22)32-25(29)27-26-16-19-17-30(20-8-4-3-5-9-20)28-24(19)18-12-14-21(31-2)15-13-18/h3-17H,1-2H3/b26-16+,27-25-. The van der Waals surface area contributed by atoms with Crippen molar-refractivity contribution in [2.75, 3.05) is 7.11 Å². The lowest BCUT2D eigenvalue weighted by Gasteiger charge is -2.02. The number of rotatable bonds is 5. The molecule has 0 spiro atoms. The number of fused-ring (bicyclic) bond motifs is 1. The summed E-state index contributed by atoms with van der Waals surface area (Å²) in [7, 11) is 3.66. The van der Waals surface area contributed by atoms with E-state index >= 15 is 0 Å². The first-order valence-corrected chi connectivity index (χ1v) is 11.0. The quantitative estimate of drug-likeness (QED) is 0.285. The Morgan fingerprint density at radius 1 is 0.938 bits per heavy atom. The Labute approximate surface area is 189 Å². The average Bonchev–Trinajstić information content (AvgIpc) is 3.41. The topological polar surface area (TPSA) is 56.7 Å². The van der Waals surface area contributed by atoms with Crippen LogP contribution in [0, 0.1) is 0 Å². The highest BCUT2D eigenvalue weighted by molar-refractivity contribution is 7.16. The molecule has 0 bridgehead atoms. The highest BCUT2D eigenvalue weighted by Crippen LogP contribution is 2.25. The second-order valence-corrected chi connectivity index (χ2v) is 8.21. The minimum absolute atomic E-state index is 0.804. The Hall–Kier alpha value is -3.97. The average molecular weight is 440 g/mol. The normalized spacial score (nSPS) is 12.1. The monoisotopic (exact) mass is 439 g/mol. The molecule has 5 rings (SSSR count). The summed E-state index contributed by atoms with van der Waals surface area (Å²) in [6.07, 6.45) is 3.73. The van der Waals surface area contributed by atoms with Crippen LogP contribution in [-0.4, -0.2) is 27.7 Å². The predicted octanol–water partition coefficient (Wildman–Crippen LogP) is 5.04. The van der Waals surface area contributed by atoms with E-state index in [1.54, 1.807) is 24.7 Å². The first-order valence-electron chi connectivity index (χ1n) is 10.1. The Balaban J connectivity index is 1.56. The van der Waals surface area contributed by atoms with Crippen molar-refractivity contribution < 1.29 is 4.74 Å². The lowest BCUT2D eigenvalue weighted by atomic mass is 10.1. The maximum atomic E-state index is 5.29. The van der Waals surface area contributed by atoms with E-state index in [2.05, 4.69) is 26.9 Å². The van der Waals surface area contributed by atoms with Crippen molar-refractivity contribution in [1.82, 2.24) is 14.3 Å². The second-order valence-electron chi connectivity index (χ2n) is 7.20. The van der Waals surface area contributed by atoms with Crippen LogP contribution in [-0.2, 0) is 7.05 Å². The van der Waals surface area contributed by atoms with E-state index in [1.165, 1.54) is 4.70 Å². The maximum absolute atomic E-state index is 5.29. The number of methoxy groups -OCH3 is 1. The van der Waals surface area contributed by atoms with Crippen molar-refractivity contribution in [3.63, 3.8) is 0 Å². The van der Waals surface area contributed by atoms with Gasteiger partial charge in [0.1, 0.15) is 11.4 Å². The summed E-state index contributed by atoms with van der Waals surface area (Å²) in [5.41, 5.74) is 4.81. The van der Waals surface area contributed by atoms with E-state index in [4.69, 9.17) is 9.84 Å². The molecular formula is C25H21N5OS. The Morgan fingerprint density at radius 3 is 2.44 bits per heavy atom. The molecule has 5 aromatic rings. The summed E-state index contributed by atoms with van der Waals surface area (Å²) < 4.78 is 10.4. The maximum Gasteiger partial charge on any atom is 0.211 e. The largest absolute Gasteiger partial charge is 0.497 e. The fourth-order valence-electron chi connectivity index (χ4n) is 3.49. The molecule has 6 nitrogen and oxygen atoms in total. The molecule has 0 saturated carbocycles. The van der Waals surface area contributed by atoms with Crippen LogP contribution in [0.5, 0.6) is 5.75 Å². The molecule has 0 fully saturated rings. The summed E-state index contributed by atoms with van der Waals surface area (Å²) in [5, 5.41) is 13.7. The summed E-state index contributed by atoms with van der Waals surface area (Å²) >= 11 is 1.61. The van der Waals surface area contributed by atoms with Crippen LogP contribution in [0.2, 0.25) is 0 Å². The minimum Gasteiger partial charge on any atom is -0.497 e. The van der Waals surface area contributed by atoms with Crippen LogP contribution in [0.1, 0.15) is 5.56 Å². The van der Waals surface area contributed by atoms with E-state index in [9.17, 15) is 0 Å². The van der Waals surface area contributed by atoms with Gasteiger partial charge >= 0.3 is 0 Å². The van der Waals surface area contributed by atoms with E-state index in [0.29, 0.717) is 0 Å². The van der Waals surface area contributed by atoms with Crippen molar-refractivity contribution in [2.24, 2.45) is 17.3 Å². The summed E-state index contributed by atoms with van der Waals surface area (Å²) in [6.45, 7) is 0. The molecule has 0 radical (unpaired) electrons. The van der Waals surface area contributed by atoms with Gasteiger partial charge < -0.3 is 9.30 Å². The zero-order valence-corrected chi connectivity index (χ0v) is 18.5. The molecule has 2 aromatic heterocycles. The van der Waals surface area contributed by atoms with Gasteiger partial charge in [0, 0.05) is 24.4 Å². The molecule has 0 atom stereocenters. The minimum atomic E-state index is 0.804. The fourth-order valence-corrected chi connectivity index (χ4v) is 4.46. The van der Waals surface area contributed by atoms with Crippen LogP contribution in [0.25, 0.3) is 27.2 Å². The summed E-state index contributed by atoms with van der Waals surface area (Å²) in [4.78, 5) is 0.837. The van der Waals surface area contributed by atoms with Gasteiger partial charge in [0.2, 0.25) is 4.80 Å². The number of aromatic nitrogens is 3. The fraction of sp³-hybridized carbons (Fsp3) is 0.0800. The van der Waals surface area contributed by atoms with Crippen molar-refractivity contribution >= 4 is 27.8 Å². The molecule has 0 amide bonds. The smallest absolute Gasteiger partial charge is 0.211 e. The van der Waals surface area contributed by atoms with E-state index < -0.39 is 0 Å². The Bertz CT molecular complexity index is 1460. The van der Waals surface area contributed by atoms with Gasteiger partial charge in [0.05, 0.1) is 29.2 Å². The molecule has 7 heteroatoms. The third-order valence-electron chi connectivity index (χ3n) is 5.18. The van der Waals surface area contributed by atoms with Crippen LogP contribution in [0.15, 0.2) is 95.3 Å². The number of benzene rings is 3. The molecule has 0 unspecified atom stereocenters. The van der Waals surface area contributed by atoms with Crippen molar-refractivity contribution in [1.29, 1.82) is 0 Å². The van der Waals surface area contributed by atoms with E-state index in [1.807, 2.05) is 84.7 Å². The van der Waals surface area contributed by atoms with Crippen LogP contribution < -0.4 is 9.54 Å². The Kier molecular flexibility index (Phi) is 5.39. The first-order chi connectivity index (χ1) is 15.7. The summed E-state index contributed by atoms with van der Waals surface area (Å²) in [6, 6.07) is 26.1. The van der Waals surface area contributed by atoms with Gasteiger partial charge in [-0.1, -0.05) is 41.7 Å². The van der Waals surface area contributed by atoms with Gasteiger partial charge in [-0.15, -0.1) is 5.10 Å². The molecule has 0 N–H and O–H groups in total. The number of ether oxygens (including phenoxy) is 1. The number of para-hydroxylation sites is 2. The number of thiazole rings is 1. The van der Waals surface area contributed by atoms with Gasteiger partial charge in [0.15, 0.2) is 0 Å². The lowest BCUT2D eigenvalue weighted by molar-refractivity contribution is 0.415. The van der Waals surface area contributed by atoms with Crippen LogP contribution in [0.3, 0.4) is 0 Å². The Morgan fingerprint density at radius 2 is 1.69 bits per heavy atom. The predicted molar refractivity (Wildman–Crippen MR) is 130 cm³/mol. The van der Waals surface area contributed by atoms with Crippen molar-refractivity contribution in [2.45, 2.75) is 0 Å². The van der Waals surface area contributed by atoms with Gasteiger partial charge in [0.25, 0.3) is 0 Å². The molecular weight excluding hydrogens is 418 g/mol. The molecule has 0 saturated heterocycles. The van der Waals surface area contributed by atoms with Gasteiger partial charge in [-0.25, -0.2) is 4.68 Å². The third-order valence-corrected chi connectivity index (χ3v) is 6.28. The highest BCUT2D eigenvalue weighted by Gasteiger charge is 2.11. The van der Waals surface area contributed by atoms with Gasteiger partial charge in [-0.2, -0.15) is 10.2 Å². The molecule has 2 heterocycles. The molecule has 32 heavy (non-hydrogen) atoms. The van der Waals surface area contributed by atoms with Gasteiger partial charge in [-0.05, 0) is 48.5 Å². The zero-order valence-electron chi connectivity index (χ0n) is 17.7. The first kappa shape index (κ1) is 20.0. The number of hydrogen-bond donors (Lipinski definition) is 0. The molecule has 3 aromatic carbocycles. The second kappa shape index (κ2) is 8.64. The van der Waals surface area contributed by atoms with Crippen LogP contribution >= 0.6 is 11.3 Å². The molecule has 0 aliphatic rings. The highest BCUT2D eigenvalue weighted by atomic mass is 32.1. The number of aryl methyl sites for hydroxylation is 1. The summed E-state index contributed by atoms with van der Waals surface area (Å²) in [5.74, 6) is 0.804. The zero-order chi connectivity index (χ0) is 21.9. The van der Waals surface area contributed by atoms with Gasteiger partial charge in [-0.3, -0.25) is 0 Å². The molecule has 0 aliphatic heterocycles. The molecule has 0 aliphatic carbocycles. The van der Waals surface area contributed by atoms with Crippen molar-refractivity contribution in [3.05, 3.63) is 95.4 Å². The molecule has 158 valence electrons. The van der Waals surface area contributed by atoms with E-state index in [0.717, 1.165) is 38.6 Å². The number of hydrogen-bond acceptors (Lipinski definition) is 5. The third kappa shape index (κ3) is 3.86. The van der Waals surface area contributed by atoms with E-state index in [-0.39, 0.29) is 0 Å². The van der Waals surface area contributed by atoms with Crippen molar-refractivity contribution in [3.8, 4) is 22.7 Å². The lowest BCUT2D eigenvalue weighted by Crippen LogP contribution is -2.08. The number of nitrogens with zero attached hydrogens (tertiary/aromatic N) is 5. The SMILES string of the molecule is COc1ccc(-c2nn(-c3ccccc3)cc2/C=N/N=c2\sc3ccccc3n2C)cc1. The van der Waals surface area contributed by atoms with Crippen LogP contribution in [0.4, 0.5) is 0 Å².